The quantitative estimate of drug-likeness (QED) is 0.0559. The van der Waals surface area contributed by atoms with Gasteiger partial charge in [0.05, 0.1) is 71.1 Å². The lowest BCUT2D eigenvalue weighted by Gasteiger charge is -2.47. The molecule has 0 amide bonds. The van der Waals surface area contributed by atoms with Gasteiger partial charge in [-0.2, -0.15) is 0 Å². The maximum atomic E-state index is 13.1. The van der Waals surface area contributed by atoms with Crippen molar-refractivity contribution in [2.75, 3.05) is 20.3 Å². The summed E-state index contributed by atoms with van der Waals surface area (Å²) in [6.07, 6.45) is -0.518. The molecule has 2 heterocycles. The molecule has 3 aliphatic rings. The molecule has 5 aromatic rings. The maximum Gasteiger partial charge on any atom is 0.337 e. The van der Waals surface area contributed by atoms with Crippen LogP contribution in [0.2, 0.25) is 0 Å². The molecule has 0 radical (unpaired) electrons. The Kier molecular flexibility index (Phi) is 15.4. The Hall–Kier alpha value is -5.43. The van der Waals surface area contributed by atoms with Crippen LogP contribution in [-0.2, 0) is 80.5 Å². The number of benzene rings is 5. The van der Waals surface area contributed by atoms with E-state index in [1.54, 1.807) is 0 Å². The number of hydrogen-bond acceptors (Lipinski definition) is 10. The van der Waals surface area contributed by atoms with E-state index in [2.05, 4.69) is 6.08 Å². The summed E-state index contributed by atoms with van der Waals surface area (Å²) in [4.78, 5) is 13.1. The predicted molar refractivity (Wildman–Crippen MR) is 232 cm³/mol. The minimum absolute atomic E-state index is 0.174. The molecule has 5 aromatic carbocycles. The van der Waals surface area contributed by atoms with Crippen LogP contribution in [0.5, 0.6) is 0 Å². The Labute approximate surface area is 363 Å². The van der Waals surface area contributed by atoms with Gasteiger partial charge in [0.15, 0.2) is 6.29 Å². The van der Waals surface area contributed by atoms with Crippen LogP contribution >= 0.6 is 0 Å². The van der Waals surface area contributed by atoms with E-state index in [1.807, 2.05) is 152 Å². The summed E-state index contributed by atoms with van der Waals surface area (Å²) in [6, 6.07) is 50.1. The molecule has 0 spiro atoms. The average Bonchev–Trinajstić information content (AvgIpc) is 3.76. The lowest BCUT2D eigenvalue weighted by molar-refractivity contribution is -0.358. The second-order valence-electron chi connectivity index (χ2n) is 15.7. The normalized spacial score (nSPS) is 24.3. The largest absolute Gasteiger partial charge is 0.471 e. The molecule has 1 fully saturated rings. The Morgan fingerprint density at radius 3 is 1.53 bits per heavy atom. The van der Waals surface area contributed by atoms with Crippen LogP contribution in [0.1, 0.15) is 34.2 Å². The molecule has 62 heavy (non-hydrogen) atoms. The zero-order chi connectivity index (χ0) is 42.4. The first-order chi connectivity index (χ1) is 30.6. The highest BCUT2D eigenvalue weighted by Crippen LogP contribution is 2.45. The van der Waals surface area contributed by atoms with Crippen LogP contribution in [0.4, 0.5) is 0 Å². The number of carbonyl (C=O) groups excluding carboxylic acids is 1. The van der Waals surface area contributed by atoms with E-state index in [0.717, 1.165) is 33.4 Å². The summed E-state index contributed by atoms with van der Waals surface area (Å²) in [5.41, 5.74) is 6.47. The van der Waals surface area contributed by atoms with Crippen LogP contribution in [0, 0.1) is 11.8 Å². The van der Waals surface area contributed by atoms with Crippen molar-refractivity contribution in [3.63, 3.8) is 0 Å². The van der Waals surface area contributed by atoms with Gasteiger partial charge in [-0.3, -0.25) is 0 Å². The van der Waals surface area contributed by atoms with Crippen molar-refractivity contribution in [1.82, 2.24) is 0 Å². The van der Waals surface area contributed by atoms with Crippen molar-refractivity contribution in [3.8, 4) is 0 Å². The molecule has 8 atom stereocenters. The topological polar surface area (TPSA) is 100 Å². The number of fused-ring (bicyclic) bond motifs is 1. The Morgan fingerprint density at radius 1 is 0.548 bits per heavy atom. The summed E-state index contributed by atoms with van der Waals surface area (Å²) in [5, 5.41) is 0. The first kappa shape index (κ1) is 43.2. The van der Waals surface area contributed by atoms with E-state index in [1.165, 1.54) is 13.4 Å². The van der Waals surface area contributed by atoms with Crippen molar-refractivity contribution in [1.29, 1.82) is 0 Å². The summed E-state index contributed by atoms with van der Waals surface area (Å²) in [5.74, 6) is -1.09. The monoisotopic (exact) mass is 838 g/mol. The average molecular weight is 839 g/mol. The zero-order valence-corrected chi connectivity index (χ0v) is 34.9. The highest BCUT2D eigenvalue weighted by Gasteiger charge is 2.52. The lowest BCUT2D eigenvalue weighted by Crippen LogP contribution is -2.62. The van der Waals surface area contributed by atoms with Crippen LogP contribution in [0.15, 0.2) is 175 Å². The van der Waals surface area contributed by atoms with Gasteiger partial charge in [-0.15, -0.1) is 0 Å². The van der Waals surface area contributed by atoms with Gasteiger partial charge in [0.2, 0.25) is 6.29 Å². The molecule has 0 unspecified atom stereocenters. The van der Waals surface area contributed by atoms with Crippen molar-refractivity contribution in [3.05, 3.63) is 203 Å². The standard InChI is InChI=1S/C52H54O10/c1-54-50(53)44-35-60-51(46-42(27-28-43(44)46)34-55-29-37-17-7-2-8-18-37)62-52-49(59-33-41-25-15-6-16-26-41)48(58-32-40-23-13-5-14-24-40)47(57-31-39-21-11-4-12-22-39)45(61-52)36-56-30-38-19-9-3-10-20-38/h2-27,35,43,45-49,51-52H,28-34,36H2,1H3/t43-,45-,46-,47-,48+,49-,51+,52+/m1/s1. The van der Waals surface area contributed by atoms with Gasteiger partial charge in [0, 0.05) is 5.92 Å². The Balaban J connectivity index is 1.12. The third kappa shape index (κ3) is 11.3. The number of carbonyl (C=O) groups is 1. The minimum Gasteiger partial charge on any atom is -0.471 e. The molecular formula is C52H54O10. The Morgan fingerprint density at radius 2 is 1.02 bits per heavy atom. The predicted octanol–water partition coefficient (Wildman–Crippen LogP) is 8.89. The van der Waals surface area contributed by atoms with E-state index >= 15 is 0 Å². The van der Waals surface area contributed by atoms with Crippen molar-refractivity contribution in [2.24, 2.45) is 11.8 Å². The highest BCUT2D eigenvalue weighted by atomic mass is 16.8. The molecule has 10 nitrogen and oxygen atoms in total. The summed E-state index contributed by atoms with van der Waals surface area (Å²) >= 11 is 0. The summed E-state index contributed by atoms with van der Waals surface area (Å²) in [7, 11) is 1.38. The first-order valence-electron chi connectivity index (χ1n) is 21.3. The fraction of sp³-hybridized carbons (Fsp3) is 0.327. The number of hydrogen-bond donors (Lipinski definition) is 0. The second-order valence-corrected chi connectivity index (χ2v) is 15.7. The molecule has 2 aliphatic heterocycles. The smallest absolute Gasteiger partial charge is 0.337 e. The maximum absolute atomic E-state index is 13.1. The molecule has 0 aromatic heterocycles. The second kappa shape index (κ2) is 22.1. The van der Waals surface area contributed by atoms with E-state index in [9.17, 15) is 4.79 Å². The lowest BCUT2D eigenvalue weighted by atomic mass is 9.83. The van der Waals surface area contributed by atoms with Crippen LogP contribution in [0.3, 0.4) is 0 Å². The Bertz CT molecular complexity index is 2170. The fourth-order valence-corrected chi connectivity index (χ4v) is 8.26. The van der Waals surface area contributed by atoms with Gasteiger partial charge in [-0.1, -0.05) is 158 Å². The van der Waals surface area contributed by atoms with E-state index in [0.29, 0.717) is 38.4 Å². The molecule has 10 heteroatoms. The first-order valence-corrected chi connectivity index (χ1v) is 21.3. The fourth-order valence-electron chi connectivity index (χ4n) is 8.26. The van der Waals surface area contributed by atoms with Crippen LogP contribution in [0.25, 0.3) is 0 Å². The number of rotatable bonds is 20. The zero-order valence-electron chi connectivity index (χ0n) is 34.9. The molecular weight excluding hydrogens is 785 g/mol. The number of methoxy groups -OCH3 is 1. The van der Waals surface area contributed by atoms with Crippen LogP contribution < -0.4 is 0 Å². The number of ether oxygens (including phenoxy) is 9. The van der Waals surface area contributed by atoms with E-state index in [4.69, 9.17) is 42.6 Å². The van der Waals surface area contributed by atoms with Crippen molar-refractivity contribution in [2.45, 2.75) is 76.5 Å². The number of esters is 1. The van der Waals surface area contributed by atoms with Crippen molar-refractivity contribution < 1.29 is 47.4 Å². The third-order valence-electron chi connectivity index (χ3n) is 11.4. The highest BCUT2D eigenvalue weighted by molar-refractivity contribution is 5.89. The van der Waals surface area contributed by atoms with E-state index < -0.39 is 43.0 Å². The van der Waals surface area contributed by atoms with Gasteiger partial charge in [0.25, 0.3) is 0 Å². The van der Waals surface area contributed by atoms with Gasteiger partial charge in [-0.25, -0.2) is 4.79 Å². The van der Waals surface area contributed by atoms with Crippen LogP contribution in [-0.4, -0.2) is 63.3 Å². The van der Waals surface area contributed by atoms with E-state index in [-0.39, 0.29) is 31.7 Å². The third-order valence-corrected chi connectivity index (χ3v) is 11.4. The SMILES string of the molecule is COC(=O)C1=CO[C@@H](O[C@@H]2O[C@H](COCc3ccccc3)[C@@H](OCc3ccccc3)[C@H](OCc3ccccc3)[C@H]2OCc2ccccc2)[C@@H]2C(COCc3ccccc3)=CC[C@H]12. The molecule has 8 rings (SSSR count). The molecule has 0 N–H and O–H groups in total. The van der Waals surface area contributed by atoms with Gasteiger partial charge < -0.3 is 42.6 Å². The molecule has 1 aliphatic carbocycles. The van der Waals surface area contributed by atoms with Gasteiger partial charge in [0.1, 0.15) is 24.4 Å². The molecule has 0 bridgehead atoms. The molecule has 0 saturated carbocycles. The molecule has 1 saturated heterocycles. The van der Waals surface area contributed by atoms with Crippen molar-refractivity contribution >= 4 is 5.97 Å². The summed E-state index contributed by atoms with van der Waals surface area (Å²) < 4.78 is 59.0. The van der Waals surface area contributed by atoms with Gasteiger partial charge in [-0.05, 0) is 39.8 Å². The minimum atomic E-state index is -1.02. The number of allylic oxidation sites excluding steroid dienone is 1. The van der Waals surface area contributed by atoms with Gasteiger partial charge >= 0.3 is 5.97 Å². The molecule has 322 valence electrons. The summed E-state index contributed by atoms with van der Waals surface area (Å²) in [6.45, 7) is 2.14.